The zero-order valence-electron chi connectivity index (χ0n) is 19.2. The maximum atomic E-state index is 12.9. The number of carbonyl (C=O) groups is 2. The van der Waals surface area contributed by atoms with E-state index < -0.39 is 12.1 Å². The van der Waals surface area contributed by atoms with Crippen molar-refractivity contribution in [3.05, 3.63) is 64.7 Å². The zero-order valence-corrected chi connectivity index (χ0v) is 19.2. The highest BCUT2D eigenvalue weighted by Gasteiger charge is 2.31. The second kappa shape index (κ2) is 11.1. The Labute approximate surface area is 190 Å². The molecule has 1 N–H and O–H groups in total. The third kappa shape index (κ3) is 5.88. The van der Waals surface area contributed by atoms with E-state index in [4.69, 9.17) is 9.47 Å². The highest BCUT2D eigenvalue weighted by Crippen LogP contribution is 2.38. The van der Waals surface area contributed by atoms with Gasteiger partial charge in [0.15, 0.2) is 0 Å². The van der Waals surface area contributed by atoms with Crippen molar-refractivity contribution in [2.75, 3.05) is 20.3 Å². The Hall–Kier alpha value is -2.86. The van der Waals surface area contributed by atoms with Gasteiger partial charge >= 0.3 is 12.1 Å². The maximum Gasteiger partial charge on any atom is 0.415 e. The summed E-state index contributed by atoms with van der Waals surface area (Å²) < 4.78 is 10.9. The Morgan fingerprint density at radius 3 is 2.47 bits per heavy atom. The highest BCUT2D eigenvalue weighted by molar-refractivity contribution is 5.72. The van der Waals surface area contributed by atoms with Crippen LogP contribution < -0.4 is 4.74 Å². The fraction of sp³-hybridized carbons (Fsp3) is 0.462. The van der Waals surface area contributed by atoms with Gasteiger partial charge in [0.1, 0.15) is 5.75 Å². The lowest BCUT2D eigenvalue weighted by molar-refractivity contribution is -0.143. The minimum Gasteiger partial charge on any atom is -0.481 e. The topological polar surface area (TPSA) is 76.1 Å². The Morgan fingerprint density at radius 1 is 1.06 bits per heavy atom. The van der Waals surface area contributed by atoms with E-state index in [1.165, 1.54) is 0 Å². The molecule has 6 nitrogen and oxygen atoms in total. The third-order valence-electron chi connectivity index (χ3n) is 6.44. The van der Waals surface area contributed by atoms with Crippen LogP contribution in [0.4, 0.5) is 4.79 Å². The zero-order chi connectivity index (χ0) is 23.1. The highest BCUT2D eigenvalue weighted by atomic mass is 16.6. The van der Waals surface area contributed by atoms with E-state index in [0.717, 1.165) is 47.9 Å². The average molecular weight is 440 g/mol. The molecule has 0 spiro atoms. The number of nitrogens with zero attached hydrogens (tertiary/aromatic N) is 1. The number of carboxylic acid groups (broad SMARTS) is 1. The summed E-state index contributed by atoms with van der Waals surface area (Å²) in [4.78, 5) is 26.2. The lowest BCUT2D eigenvalue weighted by Crippen LogP contribution is -2.35. The van der Waals surface area contributed by atoms with Crippen molar-refractivity contribution in [3.8, 4) is 5.75 Å². The molecule has 2 atom stereocenters. The molecular formula is C26H33NO5. The van der Waals surface area contributed by atoms with Crippen LogP contribution in [-0.2, 0) is 16.1 Å². The van der Waals surface area contributed by atoms with Crippen LogP contribution in [0, 0.1) is 19.8 Å². The van der Waals surface area contributed by atoms with Crippen LogP contribution in [0.1, 0.15) is 53.9 Å². The van der Waals surface area contributed by atoms with Crippen LogP contribution in [0.3, 0.4) is 0 Å². The molecule has 3 rings (SSSR count). The fourth-order valence-corrected chi connectivity index (χ4v) is 4.35. The van der Waals surface area contributed by atoms with Crippen LogP contribution in [0.25, 0.3) is 0 Å². The predicted octanol–water partition coefficient (Wildman–Crippen LogP) is 5.31. The minimum absolute atomic E-state index is 0.0501. The van der Waals surface area contributed by atoms with Crippen molar-refractivity contribution < 1.29 is 24.2 Å². The molecule has 1 amide bonds. The number of carboxylic acids is 1. The van der Waals surface area contributed by atoms with Crippen molar-refractivity contribution in [2.45, 2.75) is 52.0 Å². The summed E-state index contributed by atoms with van der Waals surface area (Å²) in [6.45, 7) is 5.12. The van der Waals surface area contributed by atoms with Gasteiger partial charge in [-0.25, -0.2) is 4.79 Å². The molecule has 0 bridgehead atoms. The third-order valence-corrected chi connectivity index (χ3v) is 6.44. The van der Waals surface area contributed by atoms with Crippen molar-refractivity contribution >= 4 is 12.1 Å². The fourth-order valence-electron chi connectivity index (χ4n) is 4.35. The number of benzene rings is 2. The van der Waals surface area contributed by atoms with E-state index in [2.05, 4.69) is 0 Å². The van der Waals surface area contributed by atoms with E-state index >= 15 is 0 Å². The summed E-state index contributed by atoms with van der Waals surface area (Å²) in [5.41, 5.74) is 4.03. The number of ether oxygens (including phenoxy) is 2. The Bertz CT molecular complexity index is 924. The lowest BCUT2D eigenvalue weighted by atomic mass is 9.75. The number of aryl methyl sites for hydroxylation is 1. The molecule has 0 aromatic heterocycles. The largest absolute Gasteiger partial charge is 0.481 e. The summed E-state index contributed by atoms with van der Waals surface area (Å²) >= 11 is 0. The SMILES string of the molecule is COCCN(Cc1ccc(C2CCCC[C@@H]2C(=O)O)cc1)C(=O)Oc1cccc(C)c1C. The first-order valence-electron chi connectivity index (χ1n) is 11.2. The first kappa shape index (κ1) is 23.8. The van der Waals surface area contributed by atoms with Crippen molar-refractivity contribution in [1.82, 2.24) is 4.90 Å². The smallest absolute Gasteiger partial charge is 0.415 e. The number of hydrogen-bond donors (Lipinski definition) is 1. The number of rotatable bonds is 8. The maximum absolute atomic E-state index is 12.9. The van der Waals surface area contributed by atoms with Crippen LogP contribution in [0.2, 0.25) is 0 Å². The summed E-state index contributed by atoms with van der Waals surface area (Å²) in [7, 11) is 1.60. The Kier molecular flexibility index (Phi) is 8.28. The van der Waals surface area contributed by atoms with Gasteiger partial charge in [0.25, 0.3) is 0 Å². The summed E-state index contributed by atoms with van der Waals surface area (Å²) in [5, 5.41) is 9.57. The quantitative estimate of drug-likeness (QED) is 0.603. The number of aliphatic carboxylic acids is 1. The number of amides is 1. The Balaban J connectivity index is 1.71. The molecule has 0 heterocycles. The molecule has 0 radical (unpaired) electrons. The molecular weight excluding hydrogens is 406 g/mol. The van der Waals surface area contributed by atoms with Gasteiger partial charge in [-0.1, -0.05) is 49.2 Å². The van der Waals surface area contributed by atoms with Crippen LogP contribution in [-0.4, -0.2) is 42.3 Å². The molecule has 6 heteroatoms. The molecule has 2 aromatic rings. The van der Waals surface area contributed by atoms with E-state index in [1.807, 2.05) is 50.2 Å². The molecule has 172 valence electrons. The molecule has 32 heavy (non-hydrogen) atoms. The van der Waals surface area contributed by atoms with Crippen molar-refractivity contribution in [2.24, 2.45) is 5.92 Å². The van der Waals surface area contributed by atoms with Gasteiger partial charge in [-0.05, 0) is 60.9 Å². The Morgan fingerprint density at radius 2 is 1.78 bits per heavy atom. The van der Waals surface area contributed by atoms with Crippen LogP contribution in [0.15, 0.2) is 42.5 Å². The summed E-state index contributed by atoms with van der Waals surface area (Å²) in [6, 6.07) is 13.6. The summed E-state index contributed by atoms with van der Waals surface area (Å²) in [5.74, 6) is -0.419. The van der Waals surface area contributed by atoms with E-state index in [0.29, 0.717) is 25.4 Å². The van der Waals surface area contributed by atoms with Gasteiger partial charge in [0.05, 0.1) is 12.5 Å². The van der Waals surface area contributed by atoms with Crippen LogP contribution in [0.5, 0.6) is 5.75 Å². The van der Waals surface area contributed by atoms with Crippen molar-refractivity contribution in [3.63, 3.8) is 0 Å². The minimum atomic E-state index is -0.710. The van der Waals surface area contributed by atoms with Gasteiger partial charge in [0.2, 0.25) is 0 Å². The second-order valence-corrected chi connectivity index (χ2v) is 8.56. The molecule has 0 aliphatic heterocycles. The first-order chi connectivity index (χ1) is 15.4. The van der Waals surface area contributed by atoms with E-state index in [-0.39, 0.29) is 11.8 Å². The number of hydrogen-bond acceptors (Lipinski definition) is 4. The van der Waals surface area contributed by atoms with Gasteiger partial charge in [-0.2, -0.15) is 0 Å². The monoisotopic (exact) mass is 439 g/mol. The number of methoxy groups -OCH3 is 1. The van der Waals surface area contributed by atoms with Gasteiger partial charge in [0, 0.05) is 20.2 Å². The summed E-state index contributed by atoms with van der Waals surface area (Å²) in [6.07, 6.45) is 3.25. The number of carbonyl (C=O) groups excluding carboxylic acids is 1. The molecule has 1 unspecified atom stereocenters. The normalized spacial score (nSPS) is 18.2. The second-order valence-electron chi connectivity index (χ2n) is 8.56. The van der Waals surface area contributed by atoms with E-state index in [1.54, 1.807) is 18.1 Å². The van der Waals surface area contributed by atoms with Crippen molar-refractivity contribution in [1.29, 1.82) is 0 Å². The van der Waals surface area contributed by atoms with Gasteiger partial charge in [-0.15, -0.1) is 0 Å². The molecule has 1 saturated carbocycles. The standard InChI is InChI=1S/C26H33NO5/c1-18-7-6-10-24(19(18)2)32-26(30)27(15-16-31-3)17-20-11-13-21(14-12-20)22-8-4-5-9-23(22)25(28)29/h6-7,10-14,22-23H,4-5,8-9,15-17H2,1-3H3,(H,28,29)/t22?,23-/m0/s1. The predicted molar refractivity (Wildman–Crippen MR) is 123 cm³/mol. The van der Waals surface area contributed by atoms with Crippen LogP contribution >= 0.6 is 0 Å². The van der Waals surface area contributed by atoms with E-state index in [9.17, 15) is 14.7 Å². The molecule has 1 aliphatic carbocycles. The molecule has 1 aliphatic rings. The molecule has 2 aromatic carbocycles. The average Bonchev–Trinajstić information content (AvgIpc) is 2.80. The van der Waals surface area contributed by atoms with Gasteiger partial charge in [-0.3, -0.25) is 4.79 Å². The molecule has 1 fully saturated rings. The molecule has 0 saturated heterocycles. The first-order valence-corrected chi connectivity index (χ1v) is 11.2. The lowest BCUT2D eigenvalue weighted by Gasteiger charge is -2.29. The van der Waals surface area contributed by atoms with Gasteiger partial charge < -0.3 is 19.5 Å².